The molecule has 1 aromatic rings. The highest BCUT2D eigenvalue weighted by atomic mass is 16.5. The van der Waals surface area contributed by atoms with E-state index in [1.807, 2.05) is 38.1 Å². The average Bonchev–Trinajstić information content (AvgIpc) is 2.44. The summed E-state index contributed by atoms with van der Waals surface area (Å²) in [7, 11) is 1.65. The van der Waals surface area contributed by atoms with Crippen molar-refractivity contribution in [2.24, 2.45) is 5.92 Å². The molecule has 0 aliphatic carbocycles. The first-order valence-corrected chi connectivity index (χ1v) is 6.62. The minimum absolute atomic E-state index is 0.145. The highest BCUT2D eigenvalue weighted by Crippen LogP contribution is 2.18. The van der Waals surface area contributed by atoms with Crippen LogP contribution in [-0.4, -0.2) is 26.2 Å². The Bertz CT molecular complexity index is 406. The van der Waals surface area contributed by atoms with Gasteiger partial charge in [-0.1, -0.05) is 19.1 Å². The zero-order valence-electron chi connectivity index (χ0n) is 12.1. The van der Waals surface area contributed by atoms with Gasteiger partial charge < -0.3 is 14.8 Å². The normalized spacial score (nSPS) is 13.7. The Morgan fingerprint density at radius 1 is 1.37 bits per heavy atom. The maximum Gasteiger partial charge on any atom is 0.309 e. The van der Waals surface area contributed by atoms with Gasteiger partial charge in [0.2, 0.25) is 0 Å². The van der Waals surface area contributed by atoms with Gasteiger partial charge in [-0.05, 0) is 31.5 Å². The van der Waals surface area contributed by atoms with Crippen molar-refractivity contribution < 1.29 is 14.3 Å². The summed E-state index contributed by atoms with van der Waals surface area (Å²) in [4.78, 5) is 11.5. The van der Waals surface area contributed by atoms with Crippen LogP contribution in [-0.2, 0) is 9.53 Å². The fraction of sp³-hybridized carbons (Fsp3) is 0.533. The predicted molar refractivity (Wildman–Crippen MR) is 75.2 cm³/mol. The molecule has 2 atom stereocenters. The third-order valence-corrected chi connectivity index (χ3v) is 3.01. The van der Waals surface area contributed by atoms with E-state index < -0.39 is 0 Å². The molecule has 1 unspecified atom stereocenters. The maximum atomic E-state index is 11.5. The van der Waals surface area contributed by atoms with Crippen molar-refractivity contribution >= 4 is 5.97 Å². The molecule has 1 aromatic carbocycles. The molecule has 0 aromatic heterocycles. The fourth-order valence-corrected chi connectivity index (χ4v) is 1.75. The summed E-state index contributed by atoms with van der Waals surface area (Å²) in [5, 5.41) is 3.33. The van der Waals surface area contributed by atoms with Crippen LogP contribution >= 0.6 is 0 Å². The highest BCUT2D eigenvalue weighted by molar-refractivity contribution is 5.72. The fourth-order valence-electron chi connectivity index (χ4n) is 1.75. The van der Waals surface area contributed by atoms with Gasteiger partial charge in [0.15, 0.2) is 0 Å². The van der Waals surface area contributed by atoms with Crippen LogP contribution in [0.1, 0.15) is 32.4 Å². The molecule has 0 aliphatic heterocycles. The van der Waals surface area contributed by atoms with E-state index in [0.717, 1.165) is 11.3 Å². The average molecular weight is 265 g/mol. The molecule has 0 fully saturated rings. The Balaban J connectivity index is 2.50. The first-order valence-electron chi connectivity index (χ1n) is 6.62. The number of carbonyl (C=O) groups excluding carboxylic acids is 1. The minimum Gasteiger partial charge on any atom is -0.497 e. The third kappa shape index (κ3) is 4.91. The molecule has 1 rings (SSSR count). The van der Waals surface area contributed by atoms with E-state index in [9.17, 15) is 4.79 Å². The number of methoxy groups -OCH3 is 1. The van der Waals surface area contributed by atoms with Gasteiger partial charge in [0, 0.05) is 12.6 Å². The molecule has 106 valence electrons. The number of benzene rings is 1. The second-order valence-corrected chi connectivity index (χ2v) is 4.56. The van der Waals surface area contributed by atoms with Crippen molar-refractivity contribution in [2.45, 2.75) is 26.8 Å². The van der Waals surface area contributed by atoms with Gasteiger partial charge in [0.25, 0.3) is 0 Å². The molecule has 0 radical (unpaired) electrons. The Labute approximate surface area is 115 Å². The third-order valence-electron chi connectivity index (χ3n) is 3.01. The molecule has 1 N–H and O–H groups in total. The zero-order chi connectivity index (χ0) is 14.3. The van der Waals surface area contributed by atoms with Crippen LogP contribution in [0.4, 0.5) is 0 Å². The minimum atomic E-state index is -0.159. The molecule has 0 saturated carbocycles. The van der Waals surface area contributed by atoms with Crippen LogP contribution < -0.4 is 10.1 Å². The van der Waals surface area contributed by atoms with Gasteiger partial charge >= 0.3 is 5.97 Å². The number of hydrogen-bond acceptors (Lipinski definition) is 4. The topological polar surface area (TPSA) is 47.6 Å². The molecule has 0 heterocycles. The quantitative estimate of drug-likeness (QED) is 0.770. The van der Waals surface area contributed by atoms with Crippen molar-refractivity contribution in [3.63, 3.8) is 0 Å². The summed E-state index contributed by atoms with van der Waals surface area (Å²) in [6, 6.07) is 8.06. The van der Waals surface area contributed by atoms with Crippen molar-refractivity contribution in [1.29, 1.82) is 0 Å². The molecule has 0 aliphatic rings. The van der Waals surface area contributed by atoms with E-state index >= 15 is 0 Å². The largest absolute Gasteiger partial charge is 0.497 e. The Morgan fingerprint density at radius 2 is 2.11 bits per heavy atom. The van der Waals surface area contributed by atoms with E-state index in [1.54, 1.807) is 7.11 Å². The van der Waals surface area contributed by atoms with Crippen LogP contribution in [0.25, 0.3) is 0 Å². The lowest BCUT2D eigenvalue weighted by Gasteiger charge is -2.17. The number of carbonyl (C=O) groups is 1. The SMILES string of the molecule is CCOC(=O)C(C)CN[C@H](C)c1cccc(OC)c1. The van der Waals surface area contributed by atoms with E-state index in [-0.39, 0.29) is 17.9 Å². The number of esters is 1. The number of hydrogen-bond donors (Lipinski definition) is 1. The molecular formula is C15H23NO3. The van der Waals surface area contributed by atoms with Crippen molar-refractivity contribution in [3.05, 3.63) is 29.8 Å². The van der Waals surface area contributed by atoms with Crippen molar-refractivity contribution in [2.75, 3.05) is 20.3 Å². The van der Waals surface area contributed by atoms with Crippen molar-refractivity contribution in [1.82, 2.24) is 5.32 Å². The summed E-state index contributed by atoms with van der Waals surface area (Å²) in [6.07, 6.45) is 0. The van der Waals surface area contributed by atoms with E-state index in [2.05, 4.69) is 12.2 Å². The summed E-state index contributed by atoms with van der Waals surface area (Å²) in [5.41, 5.74) is 1.13. The first kappa shape index (κ1) is 15.5. The second-order valence-electron chi connectivity index (χ2n) is 4.56. The molecule has 0 amide bonds. The van der Waals surface area contributed by atoms with E-state index in [4.69, 9.17) is 9.47 Å². The van der Waals surface area contributed by atoms with Gasteiger partial charge in [0.1, 0.15) is 5.75 Å². The summed E-state index contributed by atoms with van der Waals surface area (Å²) >= 11 is 0. The molecular weight excluding hydrogens is 242 g/mol. The number of ether oxygens (including phenoxy) is 2. The molecule has 0 bridgehead atoms. The summed E-state index contributed by atoms with van der Waals surface area (Å²) in [5.74, 6) is 0.533. The van der Waals surface area contributed by atoms with Crippen LogP contribution in [0, 0.1) is 5.92 Å². The Morgan fingerprint density at radius 3 is 2.74 bits per heavy atom. The van der Waals surface area contributed by atoms with Crippen LogP contribution in [0.2, 0.25) is 0 Å². The Hall–Kier alpha value is -1.55. The van der Waals surface area contributed by atoms with Crippen LogP contribution in [0.15, 0.2) is 24.3 Å². The Kier molecular flexibility index (Phi) is 6.36. The molecule has 19 heavy (non-hydrogen) atoms. The van der Waals surface area contributed by atoms with Gasteiger partial charge in [0.05, 0.1) is 19.6 Å². The summed E-state index contributed by atoms with van der Waals surface area (Å²) in [6.45, 7) is 6.76. The standard InChI is InChI=1S/C15H23NO3/c1-5-19-15(17)11(2)10-16-12(3)13-7-6-8-14(9-13)18-4/h6-9,11-12,16H,5,10H2,1-4H3/t11?,12-/m1/s1. The molecule has 0 saturated heterocycles. The number of nitrogens with one attached hydrogen (secondary N) is 1. The van der Waals surface area contributed by atoms with E-state index in [0.29, 0.717) is 13.2 Å². The lowest BCUT2D eigenvalue weighted by molar-refractivity contribution is -0.147. The second kappa shape index (κ2) is 7.79. The van der Waals surface area contributed by atoms with Gasteiger partial charge in [-0.3, -0.25) is 4.79 Å². The monoisotopic (exact) mass is 265 g/mol. The van der Waals surface area contributed by atoms with E-state index in [1.165, 1.54) is 0 Å². The zero-order valence-corrected chi connectivity index (χ0v) is 12.1. The molecule has 4 heteroatoms. The van der Waals surface area contributed by atoms with Crippen LogP contribution in [0.3, 0.4) is 0 Å². The van der Waals surface area contributed by atoms with Gasteiger partial charge in [-0.15, -0.1) is 0 Å². The lowest BCUT2D eigenvalue weighted by atomic mass is 10.1. The predicted octanol–water partition coefficient (Wildman–Crippen LogP) is 2.55. The maximum absolute atomic E-state index is 11.5. The van der Waals surface area contributed by atoms with Gasteiger partial charge in [-0.2, -0.15) is 0 Å². The first-order chi connectivity index (χ1) is 9.08. The highest BCUT2D eigenvalue weighted by Gasteiger charge is 2.15. The van der Waals surface area contributed by atoms with Gasteiger partial charge in [-0.25, -0.2) is 0 Å². The van der Waals surface area contributed by atoms with Crippen LogP contribution in [0.5, 0.6) is 5.75 Å². The van der Waals surface area contributed by atoms with Crippen molar-refractivity contribution in [3.8, 4) is 5.75 Å². The smallest absolute Gasteiger partial charge is 0.309 e. The lowest BCUT2D eigenvalue weighted by Crippen LogP contribution is -2.29. The molecule has 0 spiro atoms. The number of rotatable bonds is 7. The summed E-state index contributed by atoms with van der Waals surface area (Å²) < 4.78 is 10.2. The molecule has 4 nitrogen and oxygen atoms in total.